The second kappa shape index (κ2) is 4.04. The molecule has 0 heterocycles. The van der Waals surface area contributed by atoms with Gasteiger partial charge in [0.05, 0.1) is 0 Å². The fourth-order valence-corrected chi connectivity index (χ4v) is 2.68. The van der Waals surface area contributed by atoms with Gasteiger partial charge in [0.1, 0.15) is 5.78 Å². The minimum atomic E-state index is -0.0543. The minimum absolute atomic E-state index is 0.0543. The molecule has 0 aromatic rings. The van der Waals surface area contributed by atoms with E-state index in [4.69, 9.17) is 0 Å². The highest BCUT2D eigenvalue weighted by molar-refractivity contribution is 5.85. The number of rotatable bonds is 3. The van der Waals surface area contributed by atoms with Crippen molar-refractivity contribution in [3.8, 4) is 0 Å². The Balaban J connectivity index is 2.83. The number of carbonyl (C=O) groups is 1. The molecule has 0 bridgehead atoms. The number of Topliss-reactive ketones (excluding diaryl/α,β-unsaturated/α-hetero) is 1. The number of carbonyl (C=O) groups excluding carboxylic acids is 1. The summed E-state index contributed by atoms with van der Waals surface area (Å²) < 4.78 is 0. The van der Waals surface area contributed by atoms with Crippen molar-refractivity contribution < 1.29 is 4.79 Å². The molecule has 0 radical (unpaired) electrons. The molecule has 1 saturated carbocycles. The first-order valence-corrected chi connectivity index (χ1v) is 5.97. The first kappa shape index (κ1) is 11.7. The first-order chi connectivity index (χ1) is 6.44. The lowest BCUT2D eigenvalue weighted by molar-refractivity contribution is -0.137. The molecular weight excluding hydrogens is 172 g/mol. The van der Waals surface area contributed by atoms with Gasteiger partial charge in [-0.25, -0.2) is 0 Å². The average molecular weight is 196 g/mol. The van der Waals surface area contributed by atoms with E-state index in [-0.39, 0.29) is 10.8 Å². The van der Waals surface area contributed by atoms with Crippen LogP contribution in [-0.2, 0) is 4.79 Å². The molecule has 82 valence electrons. The molecule has 0 aromatic carbocycles. The summed E-state index contributed by atoms with van der Waals surface area (Å²) in [6, 6.07) is 0. The molecule has 1 heteroatoms. The van der Waals surface area contributed by atoms with Crippen LogP contribution >= 0.6 is 0 Å². The van der Waals surface area contributed by atoms with Crippen molar-refractivity contribution in [2.45, 2.75) is 66.2 Å². The summed E-state index contributed by atoms with van der Waals surface area (Å²) in [7, 11) is 0. The lowest BCUT2D eigenvalue weighted by Crippen LogP contribution is -2.44. The molecule has 0 spiro atoms. The van der Waals surface area contributed by atoms with Crippen molar-refractivity contribution in [1.82, 2.24) is 0 Å². The summed E-state index contributed by atoms with van der Waals surface area (Å²) in [6.45, 7) is 8.81. The van der Waals surface area contributed by atoms with Crippen molar-refractivity contribution in [3.63, 3.8) is 0 Å². The second-order valence-corrected chi connectivity index (χ2v) is 5.60. The lowest BCUT2D eigenvalue weighted by atomic mass is 9.56. The molecule has 14 heavy (non-hydrogen) atoms. The molecule has 0 aromatic heterocycles. The third-order valence-corrected chi connectivity index (χ3v) is 4.31. The Morgan fingerprint density at radius 2 is 1.71 bits per heavy atom. The van der Waals surface area contributed by atoms with Gasteiger partial charge in [0.25, 0.3) is 0 Å². The van der Waals surface area contributed by atoms with Crippen LogP contribution in [0.4, 0.5) is 0 Å². The van der Waals surface area contributed by atoms with Crippen molar-refractivity contribution in [2.75, 3.05) is 0 Å². The fourth-order valence-electron chi connectivity index (χ4n) is 2.68. The lowest BCUT2D eigenvalue weighted by Gasteiger charge is -2.47. The summed E-state index contributed by atoms with van der Waals surface area (Å²) in [5.41, 5.74) is 0.152. The molecule has 1 unspecified atom stereocenters. The quantitative estimate of drug-likeness (QED) is 0.667. The van der Waals surface area contributed by atoms with Crippen LogP contribution in [0.15, 0.2) is 0 Å². The van der Waals surface area contributed by atoms with Gasteiger partial charge in [0, 0.05) is 11.8 Å². The molecule has 1 aliphatic carbocycles. The van der Waals surface area contributed by atoms with E-state index in [1.165, 1.54) is 19.3 Å². The van der Waals surface area contributed by atoms with Crippen LogP contribution in [0.3, 0.4) is 0 Å². The molecule has 1 atom stereocenters. The van der Waals surface area contributed by atoms with E-state index in [9.17, 15) is 4.79 Å². The largest absolute Gasteiger partial charge is 0.299 e. The molecule has 1 nitrogen and oxygen atoms in total. The van der Waals surface area contributed by atoms with Crippen LogP contribution in [-0.4, -0.2) is 5.78 Å². The Kier molecular flexibility index (Phi) is 3.39. The maximum absolute atomic E-state index is 12.1. The number of ketones is 1. The van der Waals surface area contributed by atoms with Gasteiger partial charge in [0.2, 0.25) is 0 Å². The molecule has 0 N–H and O–H groups in total. The Bertz CT molecular complexity index is 217. The molecule has 0 aliphatic heterocycles. The van der Waals surface area contributed by atoms with E-state index in [2.05, 4.69) is 27.7 Å². The third-order valence-electron chi connectivity index (χ3n) is 4.31. The first-order valence-electron chi connectivity index (χ1n) is 5.97. The minimum Gasteiger partial charge on any atom is -0.299 e. The van der Waals surface area contributed by atoms with E-state index >= 15 is 0 Å². The Hall–Kier alpha value is -0.330. The van der Waals surface area contributed by atoms with Crippen molar-refractivity contribution in [2.24, 2.45) is 10.8 Å². The van der Waals surface area contributed by atoms with Crippen LogP contribution in [0.5, 0.6) is 0 Å². The van der Waals surface area contributed by atoms with E-state index in [0.29, 0.717) is 5.78 Å². The predicted molar refractivity (Wildman–Crippen MR) is 60.3 cm³/mol. The summed E-state index contributed by atoms with van der Waals surface area (Å²) >= 11 is 0. The fraction of sp³-hybridized carbons (Fsp3) is 0.923. The van der Waals surface area contributed by atoms with Crippen LogP contribution in [0.1, 0.15) is 66.2 Å². The van der Waals surface area contributed by atoms with Crippen molar-refractivity contribution in [3.05, 3.63) is 0 Å². The van der Waals surface area contributed by atoms with Gasteiger partial charge in [-0.3, -0.25) is 4.79 Å². The maximum atomic E-state index is 12.1. The van der Waals surface area contributed by atoms with Gasteiger partial charge in [-0.15, -0.1) is 0 Å². The predicted octanol–water partition coefficient (Wildman–Crippen LogP) is 3.96. The summed E-state index contributed by atoms with van der Waals surface area (Å²) in [5, 5.41) is 0. The highest BCUT2D eigenvalue weighted by Crippen LogP contribution is 2.51. The van der Waals surface area contributed by atoms with Crippen LogP contribution in [0.2, 0.25) is 0 Å². The van der Waals surface area contributed by atoms with Gasteiger partial charge < -0.3 is 0 Å². The second-order valence-electron chi connectivity index (χ2n) is 5.60. The van der Waals surface area contributed by atoms with Crippen LogP contribution in [0.25, 0.3) is 0 Å². The molecule has 0 amide bonds. The van der Waals surface area contributed by atoms with Crippen LogP contribution < -0.4 is 0 Å². The van der Waals surface area contributed by atoms with Gasteiger partial charge in [-0.1, -0.05) is 40.5 Å². The molecule has 0 saturated heterocycles. The Labute approximate surface area is 88.3 Å². The third kappa shape index (κ3) is 1.87. The number of hydrogen-bond acceptors (Lipinski definition) is 1. The molecule has 1 rings (SSSR count). The topological polar surface area (TPSA) is 17.1 Å². The van der Waals surface area contributed by atoms with Gasteiger partial charge in [0.15, 0.2) is 0 Å². The summed E-state index contributed by atoms with van der Waals surface area (Å²) in [6.07, 6.45) is 6.58. The van der Waals surface area contributed by atoms with E-state index in [1.807, 2.05) is 0 Å². The molecule has 1 fully saturated rings. The van der Waals surface area contributed by atoms with Gasteiger partial charge >= 0.3 is 0 Å². The smallest absolute Gasteiger partial charge is 0.139 e. The summed E-state index contributed by atoms with van der Waals surface area (Å²) in [5.74, 6) is 0.490. The van der Waals surface area contributed by atoms with E-state index in [1.54, 1.807) is 0 Å². The average Bonchev–Trinajstić information content (AvgIpc) is 2.10. The van der Waals surface area contributed by atoms with Crippen molar-refractivity contribution in [1.29, 1.82) is 0 Å². The zero-order chi connectivity index (χ0) is 10.8. The SMILES string of the molecule is CCCC(=O)C1(C)CCCCC1(C)C. The van der Waals surface area contributed by atoms with Gasteiger partial charge in [-0.2, -0.15) is 0 Å². The maximum Gasteiger partial charge on any atom is 0.139 e. The normalized spacial score (nSPS) is 31.4. The Morgan fingerprint density at radius 1 is 1.14 bits per heavy atom. The zero-order valence-corrected chi connectivity index (χ0v) is 10.2. The van der Waals surface area contributed by atoms with E-state index < -0.39 is 0 Å². The van der Waals surface area contributed by atoms with Crippen LogP contribution in [0, 0.1) is 10.8 Å². The monoisotopic (exact) mass is 196 g/mol. The van der Waals surface area contributed by atoms with E-state index in [0.717, 1.165) is 19.3 Å². The number of hydrogen-bond donors (Lipinski definition) is 0. The highest BCUT2D eigenvalue weighted by atomic mass is 16.1. The molecule has 1 aliphatic rings. The van der Waals surface area contributed by atoms with Gasteiger partial charge in [-0.05, 0) is 24.7 Å². The summed E-state index contributed by atoms with van der Waals surface area (Å²) in [4.78, 5) is 12.1. The van der Waals surface area contributed by atoms with Crippen molar-refractivity contribution >= 4 is 5.78 Å². The Morgan fingerprint density at radius 3 is 2.21 bits per heavy atom. The zero-order valence-electron chi connectivity index (χ0n) is 10.2. The standard InChI is InChI=1S/C13H24O/c1-5-8-11(14)13(4)10-7-6-9-12(13,2)3/h5-10H2,1-4H3. The highest BCUT2D eigenvalue weighted by Gasteiger charge is 2.47. The molecular formula is C13H24O.